The van der Waals surface area contributed by atoms with Crippen molar-refractivity contribution in [3.8, 4) is 0 Å². The minimum Gasteiger partial charge on any atom is -0.478 e. The lowest BCUT2D eigenvalue weighted by atomic mass is 9.66. The number of allylic oxidation sites excluding steroid dienone is 1. The van der Waals surface area contributed by atoms with E-state index in [0.717, 1.165) is 12.8 Å². The SMILES string of the molecule is CNC1C=CCC(c2ccccc2)(c2ccccc2)C1.O=C(O)/C=C\C(=O)O. The highest BCUT2D eigenvalue weighted by Crippen LogP contribution is 2.42. The summed E-state index contributed by atoms with van der Waals surface area (Å²) in [5, 5.41) is 19.0. The minimum absolute atomic E-state index is 0.0882. The Balaban J connectivity index is 0.000000300. The van der Waals surface area contributed by atoms with Crippen LogP contribution in [-0.2, 0) is 15.0 Å². The van der Waals surface area contributed by atoms with Gasteiger partial charge in [0.05, 0.1) is 0 Å². The molecule has 0 bridgehead atoms. The molecule has 146 valence electrons. The third kappa shape index (κ3) is 5.66. The van der Waals surface area contributed by atoms with Gasteiger partial charge in [-0.1, -0.05) is 72.8 Å². The van der Waals surface area contributed by atoms with Crippen molar-refractivity contribution in [3.05, 3.63) is 96.1 Å². The molecule has 1 aliphatic rings. The van der Waals surface area contributed by atoms with Gasteiger partial charge in [0.1, 0.15) is 0 Å². The summed E-state index contributed by atoms with van der Waals surface area (Å²) in [6.07, 6.45) is 7.91. The van der Waals surface area contributed by atoms with Gasteiger partial charge in [-0.25, -0.2) is 9.59 Å². The van der Waals surface area contributed by atoms with Gasteiger partial charge in [-0.3, -0.25) is 0 Å². The van der Waals surface area contributed by atoms with Crippen LogP contribution in [0, 0.1) is 0 Å². The molecule has 1 aliphatic carbocycles. The third-order valence-electron chi connectivity index (χ3n) is 4.80. The van der Waals surface area contributed by atoms with Crippen LogP contribution in [0.1, 0.15) is 24.0 Å². The lowest BCUT2D eigenvalue weighted by Gasteiger charge is -2.39. The summed E-state index contributed by atoms with van der Waals surface area (Å²) < 4.78 is 0. The van der Waals surface area contributed by atoms with Gasteiger partial charge in [-0.2, -0.15) is 0 Å². The molecule has 1 atom stereocenters. The first-order valence-electron chi connectivity index (χ1n) is 9.07. The Morgan fingerprint density at radius 1 is 0.929 bits per heavy atom. The molecule has 28 heavy (non-hydrogen) atoms. The highest BCUT2D eigenvalue weighted by molar-refractivity contribution is 5.89. The van der Waals surface area contributed by atoms with E-state index in [9.17, 15) is 9.59 Å². The van der Waals surface area contributed by atoms with Crippen molar-refractivity contribution in [2.45, 2.75) is 24.3 Å². The van der Waals surface area contributed by atoms with Crippen molar-refractivity contribution in [3.63, 3.8) is 0 Å². The smallest absolute Gasteiger partial charge is 0.328 e. The second-order valence-electron chi connectivity index (χ2n) is 6.56. The fourth-order valence-corrected chi connectivity index (χ4v) is 3.45. The number of benzene rings is 2. The van der Waals surface area contributed by atoms with Crippen molar-refractivity contribution in [1.29, 1.82) is 0 Å². The molecule has 0 radical (unpaired) electrons. The Hall–Kier alpha value is -3.18. The highest BCUT2D eigenvalue weighted by atomic mass is 16.4. The number of hydrogen-bond acceptors (Lipinski definition) is 3. The molecule has 0 aliphatic heterocycles. The largest absolute Gasteiger partial charge is 0.478 e. The number of carboxylic acid groups (broad SMARTS) is 2. The number of hydrogen-bond donors (Lipinski definition) is 3. The van der Waals surface area contributed by atoms with Crippen LogP contribution < -0.4 is 5.32 Å². The van der Waals surface area contributed by atoms with Gasteiger partial charge < -0.3 is 15.5 Å². The number of likely N-dealkylation sites (N-methyl/N-ethyl adjacent to an activating group) is 1. The summed E-state index contributed by atoms with van der Waals surface area (Å²) in [4.78, 5) is 19.1. The second-order valence-corrected chi connectivity index (χ2v) is 6.56. The van der Waals surface area contributed by atoms with Crippen molar-refractivity contribution < 1.29 is 19.8 Å². The summed E-state index contributed by atoms with van der Waals surface area (Å²) in [6.45, 7) is 0. The average molecular weight is 379 g/mol. The van der Waals surface area contributed by atoms with Crippen molar-refractivity contribution in [1.82, 2.24) is 5.32 Å². The van der Waals surface area contributed by atoms with Crippen molar-refractivity contribution in [2.24, 2.45) is 0 Å². The molecule has 0 saturated carbocycles. The maximum atomic E-state index is 9.55. The lowest BCUT2D eigenvalue weighted by molar-refractivity contribution is -0.134. The Morgan fingerprint density at radius 3 is 1.79 bits per heavy atom. The maximum absolute atomic E-state index is 9.55. The second kappa shape index (κ2) is 10.2. The van der Waals surface area contributed by atoms with Crippen LogP contribution >= 0.6 is 0 Å². The van der Waals surface area contributed by atoms with Gasteiger partial charge in [0.15, 0.2) is 0 Å². The first-order valence-corrected chi connectivity index (χ1v) is 9.07. The summed E-state index contributed by atoms with van der Waals surface area (Å²) in [5.74, 6) is -2.51. The molecule has 1 unspecified atom stereocenters. The van der Waals surface area contributed by atoms with Crippen LogP contribution in [-0.4, -0.2) is 35.2 Å². The Kier molecular flexibility index (Phi) is 7.72. The van der Waals surface area contributed by atoms with Crippen molar-refractivity contribution >= 4 is 11.9 Å². The monoisotopic (exact) mass is 379 g/mol. The third-order valence-corrected chi connectivity index (χ3v) is 4.80. The van der Waals surface area contributed by atoms with Crippen LogP contribution in [0.25, 0.3) is 0 Å². The van der Waals surface area contributed by atoms with Gasteiger partial charge >= 0.3 is 11.9 Å². The van der Waals surface area contributed by atoms with E-state index in [2.05, 4.69) is 78.1 Å². The number of rotatable bonds is 5. The summed E-state index contributed by atoms with van der Waals surface area (Å²) in [5.41, 5.74) is 2.91. The van der Waals surface area contributed by atoms with Crippen molar-refractivity contribution in [2.75, 3.05) is 7.05 Å². The first kappa shape index (κ1) is 21.1. The molecule has 0 amide bonds. The lowest BCUT2D eigenvalue weighted by Crippen LogP contribution is -2.39. The molecule has 0 heterocycles. The van der Waals surface area contributed by atoms with E-state index in [1.54, 1.807) is 0 Å². The predicted molar refractivity (Wildman–Crippen MR) is 109 cm³/mol. The normalized spacial score (nSPS) is 17.5. The zero-order valence-corrected chi connectivity index (χ0v) is 15.8. The molecule has 3 rings (SSSR count). The number of carboxylic acids is 2. The predicted octanol–water partition coefficient (Wildman–Crippen LogP) is 3.62. The maximum Gasteiger partial charge on any atom is 0.328 e. The zero-order chi connectivity index (χ0) is 20.4. The van der Waals surface area contributed by atoms with Crippen LogP contribution in [0.5, 0.6) is 0 Å². The molecule has 2 aromatic rings. The van der Waals surface area contributed by atoms with E-state index < -0.39 is 11.9 Å². The minimum atomic E-state index is -1.26. The number of nitrogens with one attached hydrogen (secondary N) is 1. The molecule has 0 spiro atoms. The molecule has 0 aromatic heterocycles. The van der Waals surface area contributed by atoms with Gasteiger partial charge in [0.2, 0.25) is 0 Å². The zero-order valence-electron chi connectivity index (χ0n) is 15.8. The van der Waals surface area contributed by atoms with Crippen LogP contribution in [0.3, 0.4) is 0 Å². The molecule has 0 saturated heterocycles. The fraction of sp³-hybridized carbons (Fsp3) is 0.217. The van der Waals surface area contributed by atoms with Crippen LogP contribution in [0.4, 0.5) is 0 Å². The number of carbonyl (C=O) groups is 2. The topological polar surface area (TPSA) is 86.6 Å². The molecular formula is C23H25NO4. The quantitative estimate of drug-likeness (QED) is 0.546. The molecular weight excluding hydrogens is 354 g/mol. The Bertz CT molecular complexity index is 773. The van der Waals surface area contributed by atoms with Gasteiger partial charge in [0, 0.05) is 23.6 Å². The Morgan fingerprint density at radius 2 is 1.39 bits per heavy atom. The van der Waals surface area contributed by atoms with Crippen LogP contribution in [0.15, 0.2) is 85.0 Å². The van der Waals surface area contributed by atoms with E-state index in [0.29, 0.717) is 18.2 Å². The molecule has 5 nitrogen and oxygen atoms in total. The summed E-state index contributed by atoms with van der Waals surface area (Å²) in [6, 6.07) is 22.3. The van der Waals surface area contributed by atoms with E-state index in [1.165, 1.54) is 11.1 Å². The van der Waals surface area contributed by atoms with E-state index in [4.69, 9.17) is 10.2 Å². The van der Waals surface area contributed by atoms with Crippen LogP contribution in [0.2, 0.25) is 0 Å². The van der Waals surface area contributed by atoms with E-state index in [1.807, 2.05) is 7.05 Å². The highest BCUT2D eigenvalue weighted by Gasteiger charge is 2.36. The standard InChI is InChI=1S/C19H21N.C4H4O4/c1-20-18-13-8-14-19(15-18,16-9-4-2-5-10-16)17-11-6-3-7-12-17;5-3(6)1-2-4(7)8/h2-13,18,20H,14-15H2,1H3;1-2H,(H,5,6)(H,7,8)/b;2-1-. The molecule has 5 heteroatoms. The van der Waals surface area contributed by atoms with Gasteiger partial charge in [0.25, 0.3) is 0 Å². The van der Waals surface area contributed by atoms with Gasteiger partial charge in [-0.05, 0) is 31.0 Å². The fourth-order valence-electron chi connectivity index (χ4n) is 3.45. The average Bonchev–Trinajstić information content (AvgIpc) is 2.74. The molecule has 3 N–H and O–H groups in total. The molecule has 0 fully saturated rings. The summed E-state index contributed by atoms with van der Waals surface area (Å²) >= 11 is 0. The number of aliphatic carboxylic acids is 2. The Labute approximate surface area is 165 Å². The first-order chi connectivity index (χ1) is 13.5. The van der Waals surface area contributed by atoms with E-state index >= 15 is 0 Å². The molecule has 2 aromatic carbocycles. The van der Waals surface area contributed by atoms with Gasteiger partial charge in [-0.15, -0.1) is 0 Å². The summed E-state index contributed by atoms with van der Waals surface area (Å²) in [7, 11) is 2.04. The van der Waals surface area contributed by atoms with E-state index in [-0.39, 0.29) is 5.41 Å².